The molecule has 0 aromatic heterocycles. The number of quaternary nitrogens is 1. The number of aryl methyl sites for hydroxylation is 1. The Kier molecular flexibility index (Phi) is 5.78. The zero-order chi connectivity index (χ0) is 16.3. The number of sulfonamides is 1. The summed E-state index contributed by atoms with van der Waals surface area (Å²) in [7, 11) is 2.01. The molecule has 6 heteroatoms. The SMILES string of the molecule is COc1ccc(C)cc1S(=O)(=O)NCC(C)(C)C[NH+](C)C. The van der Waals surface area contributed by atoms with E-state index in [9.17, 15) is 8.42 Å². The Bertz CT molecular complexity index is 581. The van der Waals surface area contributed by atoms with Crippen LogP contribution in [-0.4, -0.2) is 42.7 Å². The number of hydrogen-bond donors (Lipinski definition) is 2. The molecule has 1 rings (SSSR count). The topological polar surface area (TPSA) is 59.8 Å². The Morgan fingerprint density at radius 2 is 1.90 bits per heavy atom. The molecule has 0 aliphatic rings. The minimum atomic E-state index is -3.58. The van der Waals surface area contributed by atoms with Crippen LogP contribution in [-0.2, 0) is 10.0 Å². The molecule has 5 nitrogen and oxygen atoms in total. The van der Waals surface area contributed by atoms with Crippen LogP contribution in [0.4, 0.5) is 0 Å². The van der Waals surface area contributed by atoms with E-state index in [1.54, 1.807) is 12.1 Å². The largest absolute Gasteiger partial charge is 0.495 e. The average Bonchev–Trinajstić information content (AvgIpc) is 2.35. The Balaban J connectivity index is 2.95. The van der Waals surface area contributed by atoms with Crippen molar-refractivity contribution in [2.24, 2.45) is 5.41 Å². The van der Waals surface area contributed by atoms with Gasteiger partial charge in [-0.25, -0.2) is 13.1 Å². The molecule has 0 unspecified atom stereocenters. The lowest BCUT2D eigenvalue weighted by atomic mass is 9.93. The first-order valence-corrected chi connectivity index (χ1v) is 8.49. The van der Waals surface area contributed by atoms with Gasteiger partial charge >= 0.3 is 0 Å². The van der Waals surface area contributed by atoms with Gasteiger partial charge in [-0.05, 0) is 24.6 Å². The van der Waals surface area contributed by atoms with Gasteiger partial charge in [0.2, 0.25) is 10.0 Å². The van der Waals surface area contributed by atoms with E-state index in [2.05, 4.69) is 32.7 Å². The molecule has 0 aliphatic carbocycles. The Morgan fingerprint density at radius 1 is 1.29 bits per heavy atom. The van der Waals surface area contributed by atoms with Gasteiger partial charge in [-0.3, -0.25) is 0 Å². The summed E-state index contributed by atoms with van der Waals surface area (Å²) in [5.41, 5.74) is 0.761. The van der Waals surface area contributed by atoms with E-state index in [4.69, 9.17) is 4.74 Å². The van der Waals surface area contributed by atoms with E-state index < -0.39 is 10.0 Å². The third-order valence-corrected chi connectivity index (χ3v) is 4.60. The molecule has 120 valence electrons. The number of rotatable bonds is 7. The van der Waals surface area contributed by atoms with Crippen LogP contribution in [0.15, 0.2) is 23.1 Å². The third-order valence-electron chi connectivity index (χ3n) is 3.18. The zero-order valence-corrected chi connectivity index (χ0v) is 14.6. The second-order valence-corrected chi connectivity index (χ2v) is 8.26. The van der Waals surface area contributed by atoms with Crippen LogP contribution in [0.2, 0.25) is 0 Å². The molecule has 1 aromatic carbocycles. The predicted molar refractivity (Wildman–Crippen MR) is 84.4 cm³/mol. The molecule has 0 fully saturated rings. The highest BCUT2D eigenvalue weighted by atomic mass is 32.2. The van der Waals surface area contributed by atoms with Crippen LogP contribution >= 0.6 is 0 Å². The third kappa shape index (κ3) is 5.30. The minimum Gasteiger partial charge on any atom is -0.495 e. The monoisotopic (exact) mass is 315 g/mol. The first-order valence-electron chi connectivity index (χ1n) is 7.01. The van der Waals surface area contributed by atoms with Crippen LogP contribution in [0, 0.1) is 12.3 Å². The van der Waals surface area contributed by atoms with Gasteiger partial charge in [0.15, 0.2) is 0 Å². The summed E-state index contributed by atoms with van der Waals surface area (Å²) in [4.78, 5) is 1.48. The van der Waals surface area contributed by atoms with E-state index in [1.165, 1.54) is 12.0 Å². The number of methoxy groups -OCH3 is 1. The maximum atomic E-state index is 12.5. The van der Waals surface area contributed by atoms with Gasteiger partial charge in [0.1, 0.15) is 10.6 Å². The van der Waals surface area contributed by atoms with Crippen molar-refractivity contribution in [3.8, 4) is 5.75 Å². The molecule has 0 aliphatic heterocycles. The van der Waals surface area contributed by atoms with Crippen molar-refractivity contribution in [1.82, 2.24) is 4.72 Å². The lowest BCUT2D eigenvalue weighted by Gasteiger charge is -2.26. The van der Waals surface area contributed by atoms with Crippen molar-refractivity contribution >= 4 is 10.0 Å². The molecular weight excluding hydrogens is 288 g/mol. The lowest BCUT2D eigenvalue weighted by Crippen LogP contribution is -3.07. The summed E-state index contributed by atoms with van der Waals surface area (Å²) in [6, 6.07) is 5.14. The number of benzene rings is 1. The highest BCUT2D eigenvalue weighted by Crippen LogP contribution is 2.25. The van der Waals surface area contributed by atoms with E-state index in [-0.39, 0.29) is 10.3 Å². The highest BCUT2D eigenvalue weighted by Gasteiger charge is 2.26. The van der Waals surface area contributed by atoms with Gasteiger partial charge in [-0.1, -0.05) is 19.9 Å². The van der Waals surface area contributed by atoms with Crippen molar-refractivity contribution in [2.45, 2.75) is 25.7 Å². The van der Waals surface area contributed by atoms with Gasteiger partial charge < -0.3 is 9.64 Å². The van der Waals surface area contributed by atoms with Crippen LogP contribution < -0.4 is 14.4 Å². The Labute approximate surface area is 128 Å². The number of nitrogens with one attached hydrogen (secondary N) is 2. The van der Waals surface area contributed by atoms with Crippen molar-refractivity contribution in [2.75, 3.05) is 34.3 Å². The Hall–Kier alpha value is -1.11. The van der Waals surface area contributed by atoms with Crippen molar-refractivity contribution in [3.05, 3.63) is 23.8 Å². The summed E-state index contributed by atoms with van der Waals surface area (Å²) in [6.45, 7) is 7.22. The molecule has 0 saturated heterocycles. The number of ether oxygens (including phenoxy) is 1. The molecular formula is C15H27N2O3S+. The molecule has 0 atom stereocenters. The van der Waals surface area contributed by atoms with Crippen LogP contribution in [0.5, 0.6) is 5.75 Å². The minimum absolute atomic E-state index is 0.122. The molecule has 2 N–H and O–H groups in total. The smallest absolute Gasteiger partial charge is 0.244 e. The molecule has 0 spiro atoms. The fraction of sp³-hybridized carbons (Fsp3) is 0.600. The van der Waals surface area contributed by atoms with E-state index in [0.29, 0.717) is 12.3 Å². The molecule has 1 aromatic rings. The second kappa shape index (κ2) is 6.77. The fourth-order valence-electron chi connectivity index (χ4n) is 2.38. The maximum absolute atomic E-state index is 12.5. The molecule has 21 heavy (non-hydrogen) atoms. The summed E-state index contributed by atoms with van der Waals surface area (Å²) in [5.74, 6) is 0.365. The van der Waals surface area contributed by atoms with Crippen molar-refractivity contribution < 1.29 is 18.1 Å². The summed E-state index contributed by atoms with van der Waals surface area (Å²) in [6.07, 6.45) is 0. The first-order chi connectivity index (χ1) is 9.57. The van der Waals surface area contributed by atoms with E-state index in [1.807, 2.05) is 13.0 Å². The van der Waals surface area contributed by atoms with Crippen molar-refractivity contribution in [1.29, 1.82) is 0 Å². The Morgan fingerprint density at radius 3 is 2.43 bits per heavy atom. The summed E-state index contributed by atoms with van der Waals surface area (Å²) >= 11 is 0. The van der Waals surface area contributed by atoms with Crippen LogP contribution in [0.25, 0.3) is 0 Å². The van der Waals surface area contributed by atoms with Crippen LogP contribution in [0.1, 0.15) is 19.4 Å². The van der Waals surface area contributed by atoms with Gasteiger partial charge in [0.05, 0.1) is 27.7 Å². The zero-order valence-electron chi connectivity index (χ0n) is 13.8. The van der Waals surface area contributed by atoms with Gasteiger partial charge in [0, 0.05) is 12.0 Å². The summed E-state index contributed by atoms with van der Waals surface area (Å²) in [5, 5.41) is 0. The van der Waals surface area contributed by atoms with Crippen molar-refractivity contribution in [3.63, 3.8) is 0 Å². The van der Waals surface area contributed by atoms with Gasteiger partial charge in [0.25, 0.3) is 0 Å². The molecule has 0 radical (unpaired) electrons. The maximum Gasteiger partial charge on any atom is 0.244 e. The summed E-state index contributed by atoms with van der Waals surface area (Å²) < 4.78 is 32.9. The first kappa shape index (κ1) is 17.9. The fourth-order valence-corrected chi connectivity index (χ4v) is 3.88. The van der Waals surface area contributed by atoms with E-state index in [0.717, 1.165) is 12.1 Å². The van der Waals surface area contributed by atoms with Crippen LogP contribution in [0.3, 0.4) is 0 Å². The molecule has 0 saturated carbocycles. The molecule has 0 amide bonds. The number of hydrogen-bond acceptors (Lipinski definition) is 3. The molecule has 0 bridgehead atoms. The lowest BCUT2D eigenvalue weighted by molar-refractivity contribution is -0.865. The normalized spacial score (nSPS) is 12.7. The quantitative estimate of drug-likeness (QED) is 0.768. The average molecular weight is 315 g/mol. The van der Waals surface area contributed by atoms with Gasteiger partial charge in [-0.2, -0.15) is 0 Å². The molecule has 0 heterocycles. The van der Waals surface area contributed by atoms with Gasteiger partial charge in [-0.15, -0.1) is 0 Å². The predicted octanol–water partition coefficient (Wildman–Crippen LogP) is 0.453. The van der Waals surface area contributed by atoms with E-state index >= 15 is 0 Å². The highest BCUT2D eigenvalue weighted by molar-refractivity contribution is 7.89. The standard InChI is InChI=1S/C15H26N2O3S/c1-12-7-8-13(20-6)14(9-12)21(18,19)16-10-15(2,3)11-17(4)5/h7-9,16H,10-11H2,1-6H3/p+1. The second-order valence-electron chi connectivity index (χ2n) is 6.53.